The first-order valence-electron chi connectivity index (χ1n) is 8.30. The van der Waals surface area contributed by atoms with E-state index in [1.54, 1.807) is 12.1 Å². The van der Waals surface area contributed by atoms with Crippen LogP contribution in [0.1, 0.15) is 5.56 Å². The number of hydrogen-bond donors (Lipinski definition) is 2. The molecule has 0 unspecified atom stereocenters. The van der Waals surface area contributed by atoms with E-state index >= 15 is 0 Å². The van der Waals surface area contributed by atoms with Gasteiger partial charge in [0.05, 0.1) is 5.52 Å². The van der Waals surface area contributed by atoms with Crippen molar-refractivity contribution >= 4 is 34.0 Å². The van der Waals surface area contributed by atoms with E-state index in [0.717, 1.165) is 16.6 Å². The maximum absolute atomic E-state index is 13.4. The van der Waals surface area contributed by atoms with Crippen molar-refractivity contribution < 1.29 is 4.39 Å². The lowest BCUT2D eigenvalue weighted by Gasteiger charge is -2.12. The molecule has 0 fully saturated rings. The Bertz CT molecular complexity index is 1060. The predicted molar refractivity (Wildman–Crippen MR) is 104 cm³/mol. The monoisotopic (exact) mass is 344 g/mol. The molecule has 1 aromatic heterocycles. The molecule has 4 aromatic rings. The van der Waals surface area contributed by atoms with Crippen molar-refractivity contribution in [2.24, 2.45) is 0 Å². The molecule has 0 aliphatic rings. The van der Waals surface area contributed by atoms with E-state index in [1.807, 2.05) is 55.5 Å². The van der Waals surface area contributed by atoms with Gasteiger partial charge in [0.15, 0.2) is 0 Å². The van der Waals surface area contributed by atoms with E-state index in [0.29, 0.717) is 17.5 Å². The zero-order valence-corrected chi connectivity index (χ0v) is 14.2. The number of para-hydroxylation sites is 1. The third kappa shape index (κ3) is 3.47. The fourth-order valence-electron chi connectivity index (χ4n) is 2.70. The van der Waals surface area contributed by atoms with Crippen LogP contribution in [0.15, 0.2) is 72.8 Å². The van der Waals surface area contributed by atoms with Crippen LogP contribution in [-0.2, 0) is 0 Å². The van der Waals surface area contributed by atoms with Crippen LogP contribution in [0.4, 0.5) is 27.5 Å². The molecule has 4 rings (SSSR count). The second-order valence-electron chi connectivity index (χ2n) is 6.04. The van der Waals surface area contributed by atoms with Crippen molar-refractivity contribution in [1.82, 2.24) is 9.97 Å². The maximum Gasteiger partial charge on any atom is 0.229 e. The first-order valence-corrected chi connectivity index (χ1v) is 8.30. The van der Waals surface area contributed by atoms with Gasteiger partial charge in [-0.15, -0.1) is 0 Å². The number of hydrogen-bond acceptors (Lipinski definition) is 4. The van der Waals surface area contributed by atoms with Crippen LogP contribution in [0.2, 0.25) is 0 Å². The van der Waals surface area contributed by atoms with Gasteiger partial charge >= 0.3 is 0 Å². The van der Waals surface area contributed by atoms with Gasteiger partial charge in [-0.1, -0.05) is 35.9 Å². The van der Waals surface area contributed by atoms with E-state index < -0.39 is 0 Å². The van der Waals surface area contributed by atoms with Crippen LogP contribution in [0.3, 0.4) is 0 Å². The van der Waals surface area contributed by atoms with Crippen molar-refractivity contribution in [3.63, 3.8) is 0 Å². The minimum Gasteiger partial charge on any atom is -0.340 e. The maximum atomic E-state index is 13.4. The summed E-state index contributed by atoms with van der Waals surface area (Å²) < 4.78 is 13.4. The topological polar surface area (TPSA) is 49.8 Å². The molecule has 2 N–H and O–H groups in total. The van der Waals surface area contributed by atoms with Gasteiger partial charge in [-0.25, -0.2) is 9.37 Å². The molecule has 128 valence electrons. The first kappa shape index (κ1) is 16.0. The largest absolute Gasteiger partial charge is 0.340 e. The van der Waals surface area contributed by atoms with Gasteiger partial charge in [0, 0.05) is 16.8 Å². The van der Waals surface area contributed by atoms with Crippen LogP contribution >= 0.6 is 0 Å². The molecule has 0 saturated heterocycles. The Labute approximate surface area is 150 Å². The minimum atomic E-state index is -0.311. The lowest BCUT2D eigenvalue weighted by Crippen LogP contribution is -2.02. The Balaban J connectivity index is 1.74. The van der Waals surface area contributed by atoms with Gasteiger partial charge in [0.2, 0.25) is 5.95 Å². The van der Waals surface area contributed by atoms with Gasteiger partial charge in [-0.05, 0) is 49.4 Å². The summed E-state index contributed by atoms with van der Waals surface area (Å²) in [5.41, 5.74) is 3.53. The molecule has 5 heteroatoms. The molecule has 0 atom stereocenters. The fraction of sp³-hybridized carbons (Fsp3) is 0.0476. The van der Waals surface area contributed by atoms with Crippen molar-refractivity contribution in [3.8, 4) is 0 Å². The summed E-state index contributed by atoms with van der Waals surface area (Å²) in [7, 11) is 0. The van der Waals surface area contributed by atoms with Crippen molar-refractivity contribution in [2.45, 2.75) is 6.92 Å². The predicted octanol–water partition coefficient (Wildman–Crippen LogP) is 5.56. The number of fused-ring (bicyclic) bond motifs is 1. The normalized spacial score (nSPS) is 10.7. The number of rotatable bonds is 4. The average molecular weight is 344 g/mol. The summed E-state index contributed by atoms with van der Waals surface area (Å²) in [6, 6.07) is 22.1. The Morgan fingerprint density at radius 2 is 1.58 bits per heavy atom. The van der Waals surface area contributed by atoms with E-state index in [-0.39, 0.29) is 5.82 Å². The molecule has 26 heavy (non-hydrogen) atoms. The van der Waals surface area contributed by atoms with E-state index in [9.17, 15) is 4.39 Å². The lowest BCUT2D eigenvalue weighted by molar-refractivity contribution is 0.628. The molecule has 4 nitrogen and oxygen atoms in total. The molecule has 0 spiro atoms. The van der Waals surface area contributed by atoms with Crippen molar-refractivity contribution in [2.75, 3.05) is 10.6 Å². The highest BCUT2D eigenvalue weighted by molar-refractivity contribution is 5.92. The quantitative estimate of drug-likeness (QED) is 0.508. The standard InChI is InChI=1S/C21H17FN4/c1-14-9-11-16(12-10-14)23-20-18-7-2-3-8-19(18)25-21(26-20)24-17-6-4-5-15(22)13-17/h2-13H,1H3,(H2,23,24,25,26). The Hall–Kier alpha value is -3.47. The number of nitrogens with zero attached hydrogens (tertiary/aromatic N) is 2. The lowest BCUT2D eigenvalue weighted by atomic mass is 10.2. The SMILES string of the molecule is Cc1ccc(Nc2nc(Nc3cccc(F)c3)nc3ccccc23)cc1. The Kier molecular flexibility index (Phi) is 4.19. The van der Waals surface area contributed by atoms with Crippen LogP contribution in [0.5, 0.6) is 0 Å². The zero-order valence-electron chi connectivity index (χ0n) is 14.2. The molecular weight excluding hydrogens is 327 g/mol. The summed E-state index contributed by atoms with van der Waals surface area (Å²) in [6.07, 6.45) is 0. The molecule has 0 amide bonds. The molecule has 0 radical (unpaired) electrons. The van der Waals surface area contributed by atoms with E-state index in [1.165, 1.54) is 17.7 Å². The van der Waals surface area contributed by atoms with Crippen molar-refractivity contribution in [1.29, 1.82) is 0 Å². The summed E-state index contributed by atoms with van der Waals surface area (Å²) in [6.45, 7) is 2.05. The summed E-state index contributed by atoms with van der Waals surface area (Å²) in [5.74, 6) is 0.788. The smallest absolute Gasteiger partial charge is 0.229 e. The van der Waals surface area contributed by atoms with Gasteiger partial charge in [-0.3, -0.25) is 0 Å². The molecule has 0 aliphatic heterocycles. The highest BCUT2D eigenvalue weighted by atomic mass is 19.1. The number of anilines is 4. The third-order valence-electron chi connectivity index (χ3n) is 4.00. The zero-order chi connectivity index (χ0) is 17.9. The Morgan fingerprint density at radius 3 is 2.38 bits per heavy atom. The van der Waals surface area contributed by atoms with Crippen LogP contribution in [-0.4, -0.2) is 9.97 Å². The number of benzene rings is 3. The molecule has 3 aromatic carbocycles. The van der Waals surface area contributed by atoms with Crippen LogP contribution < -0.4 is 10.6 Å². The van der Waals surface area contributed by atoms with E-state index in [2.05, 4.69) is 20.6 Å². The second-order valence-corrected chi connectivity index (χ2v) is 6.04. The number of nitrogens with one attached hydrogen (secondary N) is 2. The Morgan fingerprint density at radius 1 is 0.769 bits per heavy atom. The van der Waals surface area contributed by atoms with Crippen LogP contribution in [0, 0.1) is 12.7 Å². The minimum absolute atomic E-state index is 0.311. The second kappa shape index (κ2) is 6.80. The molecule has 0 aliphatic carbocycles. The number of halogens is 1. The summed E-state index contributed by atoms with van der Waals surface area (Å²) >= 11 is 0. The molecule has 0 bridgehead atoms. The summed E-state index contributed by atoms with van der Waals surface area (Å²) in [4.78, 5) is 9.12. The fourth-order valence-corrected chi connectivity index (χ4v) is 2.70. The highest BCUT2D eigenvalue weighted by Gasteiger charge is 2.08. The van der Waals surface area contributed by atoms with Gasteiger partial charge in [0.1, 0.15) is 11.6 Å². The molecule has 0 saturated carbocycles. The average Bonchev–Trinajstić information content (AvgIpc) is 2.64. The molecular formula is C21H17FN4. The molecule has 1 heterocycles. The first-order chi connectivity index (χ1) is 12.7. The third-order valence-corrected chi connectivity index (χ3v) is 4.00. The van der Waals surface area contributed by atoms with Crippen LogP contribution in [0.25, 0.3) is 10.9 Å². The van der Waals surface area contributed by atoms with E-state index in [4.69, 9.17) is 0 Å². The van der Waals surface area contributed by atoms with Crippen molar-refractivity contribution in [3.05, 3.63) is 84.2 Å². The van der Waals surface area contributed by atoms with Gasteiger partial charge in [0.25, 0.3) is 0 Å². The summed E-state index contributed by atoms with van der Waals surface area (Å²) in [5, 5.41) is 7.33. The highest BCUT2D eigenvalue weighted by Crippen LogP contribution is 2.26. The van der Waals surface area contributed by atoms with Gasteiger partial charge in [-0.2, -0.15) is 4.98 Å². The van der Waals surface area contributed by atoms with Gasteiger partial charge < -0.3 is 10.6 Å². The number of aryl methyl sites for hydroxylation is 1. The number of aromatic nitrogens is 2.